The van der Waals surface area contributed by atoms with Crippen LogP contribution in [0.5, 0.6) is 0 Å². The average Bonchev–Trinajstić information content (AvgIpc) is 2.84. The zero-order valence-electron chi connectivity index (χ0n) is 17.6. The third-order valence-corrected chi connectivity index (χ3v) is 5.65. The van der Waals surface area contributed by atoms with Crippen LogP contribution in [-0.4, -0.2) is 74.4 Å². The van der Waals surface area contributed by atoms with Crippen molar-refractivity contribution in [3.05, 3.63) is 59.9 Å². The number of nitrogens with zero attached hydrogens (tertiary/aromatic N) is 5. The first-order chi connectivity index (χ1) is 15.4. The number of carbonyl (C=O) groups is 1. The number of rotatable bonds is 5. The minimum atomic E-state index is -1.41. The zero-order chi connectivity index (χ0) is 22.7. The molecule has 3 heterocycles. The van der Waals surface area contributed by atoms with Gasteiger partial charge < -0.3 is 20.0 Å². The molecule has 0 bridgehead atoms. The van der Waals surface area contributed by atoms with Crippen molar-refractivity contribution in [2.45, 2.75) is 19.1 Å². The van der Waals surface area contributed by atoms with Gasteiger partial charge in [-0.3, -0.25) is 9.78 Å². The molecule has 2 unspecified atom stereocenters. The highest BCUT2D eigenvalue weighted by Gasteiger charge is 2.29. The Morgan fingerprint density at radius 1 is 1.03 bits per heavy atom. The van der Waals surface area contributed by atoms with Gasteiger partial charge in [-0.15, -0.1) is 0 Å². The molecule has 4 rings (SSSR count). The van der Waals surface area contributed by atoms with Crippen LogP contribution in [0.3, 0.4) is 0 Å². The van der Waals surface area contributed by atoms with Crippen LogP contribution in [0.15, 0.2) is 54.9 Å². The van der Waals surface area contributed by atoms with Crippen LogP contribution in [0.1, 0.15) is 6.92 Å². The first-order valence-corrected chi connectivity index (χ1v) is 10.8. The molecule has 1 saturated heterocycles. The quantitative estimate of drug-likeness (QED) is 0.610. The summed E-state index contributed by atoms with van der Waals surface area (Å²) in [6.45, 7) is 3.33. The SMILES string of the molecule is CC(O)C(O)C(=O)N1CCN(c2cc(-c3ccc(Cl)cc3)nc(-c3cccnc3)n2)CC1. The van der Waals surface area contributed by atoms with Gasteiger partial charge in [-0.1, -0.05) is 23.7 Å². The van der Waals surface area contributed by atoms with Crippen molar-refractivity contribution in [3.8, 4) is 22.6 Å². The van der Waals surface area contributed by atoms with E-state index in [1.807, 2.05) is 42.5 Å². The molecule has 0 spiro atoms. The molecule has 2 N–H and O–H groups in total. The Bertz CT molecular complexity index is 1070. The van der Waals surface area contributed by atoms with Gasteiger partial charge in [0.2, 0.25) is 0 Å². The molecule has 9 heteroatoms. The fraction of sp³-hybridized carbons (Fsp3) is 0.304. The Morgan fingerprint density at radius 2 is 1.75 bits per heavy atom. The maximum Gasteiger partial charge on any atom is 0.254 e. The van der Waals surface area contributed by atoms with E-state index in [0.717, 1.165) is 22.6 Å². The largest absolute Gasteiger partial charge is 0.390 e. The summed E-state index contributed by atoms with van der Waals surface area (Å²) in [5, 5.41) is 20.0. The molecule has 2 aromatic heterocycles. The monoisotopic (exact) mass is 453 g/mol. The molecule has 0 aliphatic carbocycles. The highest BCUT2D eigenvalue weighted by molar-refractivity contribution is 6.30. The summed E-state index contributed by atoms with van der Waals surface area (Å²) in [6, 6.07) is 13.1. The summed E-state index contributed by atoms with van der Waals surface area (Å²) in [5.41, 5.74) is 2.48. The van der Waals surface area contributed by atoms with Crippen LogP contribution in [0.25, 0.3) is 22.6 Å². The number of anilines is 1. The van der Waals surface area contributed by atoms with E-state index in [1.54, 1.807) is 17.3 Å². The number of halogens is 1. The molecule has 8 nitrogen and oxygen atoms in total. The van der Waals surface area contributed by atoms with Crippen LogP contribution in [-0.2, 0) is 4.79 Å². The van der Waals surface area contributed by atoms with Crippen LogP contribution in [0.2, 0.25) is 5.02 Å². The summed E-state index contributed by atoms with van der Waals surface area (Å²) in [6.07, 6.45) is 0.908. The molecule has 1 fully saturated rings. The molecule has 1 aromatic carbocycles. The fourth-order valence-corrected chi connectivity index (χ4v) is 3.66. The maximum atomic E-state index is 12.3. The lowest BCUT2D eigenvalue weighted by Crippen LogP contribution is -2.53. The van der Waals surface area contributed by atoms with E-state index < -0.39 is 18.1 Å². The second kappa shape index (κ2) is 9.60. The normalized spacial score (nSPS) is 16.0. The Hall–Kier alpha value is -3.07. The van der Waals surface area contributed by atoms with Crippen molar-refractivity contribution in [3.63, 3.8) is 0 Å². The lowest BCUT2D eigenvalue weighted by molar-refractivity contribution is -0.145. The third-order valence-electron chi connectivity index (χ3n) is 5.40. The number of aromatic nitrogens is 3. The standard InChI is InChI=1S/C23H24ClN5O3/c1-15(30)21(31)23(32)29-11-9-28(10-12-29)20-13-19(16-4-6-18(24)7-5-16)26-22(27-20)17-3-2-8-25-14-17/h2-8,13-15,21,30-31H,9-12H2,1H3. The number of hydrogen-bond acceptors (Lipinski definition) is 7. The fourth-order valence-electron chi connectivity index (χ4n) is 3.54. The number of piperazine rings is 1. The molecule has 3 aromatic rings. The Balaban J connectivity index is 1.62. The summed E-state index contributed by atoms with van der Waals surface area (Å²) in [5.74, 6) is 0.843. The van der Waals surface area contributed by atoms with E-state index in [9.17, 15) is 15.0 Å². The molecule has 0 radical (unpaired) electrons. The predicted octanol–water partition coefficient (Wildman–Crippen LogP) is 2.25. The van der Waals surface area contributed by atoms with Crippen LogP contribution < -0.4 is 4.90 Å². The van der Waals surface area contributed by atoms with Crippen molar-refractivity contribution in [1.82, 2.24) is 19.9 Å². The number of hydrogen-bond donors (Lipinski definition) is 2. The molecule has 1 aliphatic rings. The van der Waals surface area contributed by atoms with Crippen molar-refractivity contribution in [2.75, 3.05) is 31.1 Å². The molecule has 32 heavy (non-hydrogen) atoms. The molecule has 2 atom stereocenters. The van der Waals surface area contributed by atoms with Crippen LogP contribution in [0.4, 0.5) is 5.82 Å². The van der Waals surface area contributed by atoms with Gasteiger partial charge in [-0.25, -0.2) is 9.97 Å². The van der Waals surface area contributed by atoms with Crippen LogP contribution >= 0.6 is 11.6 Å². The zero-order valence-corrected chi connectivity index (χ0v) is 18.4. The van der Waals surface area contributed by atoms with E-state index in [2.05, 4.69) is 9.88 Å². The number of pyridine rings is 1. The van der Waals surface area contributed by atoms with Gasteiger partial charge in [0, 0.05) is 60.8 Å². The van der Waals surface area contributed by atoms with E-state index in [0.29, 0.717) is 37.0 Å². The van der Waals surface area contributed by atoms with Gasteiger partial charge in [0.05, 0.1) is 11.8 Å². The Morgan fingerprint density at radius 3 is 2.38 bits per heavy atom. The molecule has 1 aliphatic heterocycles. The summed E-state index contributed by atoms with van der Waals surface area (Å²) >= 11 is 6.05. The molecule has 0 saturated carbocycles. The number of aliphatic hydroxyl groups is 2. The lowest BCUT2D eigenvalue weighted by Gasteiger charge is -2.36. The van der Waals surface area contributed by atoms with Crippen LogP contribution in [0, 0.1) is 0 Å². The van der Waals surface area contributed by atoms with Gasteiger partial charge >= 0.3 is 0 Å². The molecule has 1 amide bonds. The highest BCUT2D eigenvalue weighted by Crippen LogP contribution is 2.27. The third kappa shape index (κ3) is 4.88. The Kier molecular flexibility index (Phi) is 6.64. The lowest BCUT2D eigenvalue weighted by atomic mass is 10.1. The molecular weight excluding hydrogens is 430 g/mol. The minimum absolute atomic E-state index is 0.422. The van der Waals surface area contributed by atoms with Crippen molar-refractivity contribution in [2.24, 2.45) is 0 Å². The summed E-state index contributed by atoms with van der Waals surface area (Å²) < 4.78 is 0. The van der Waals surface area contributed by atoms with Gasteiger partial charge in [0.25, 0.3) is 5.91 Å². The van der Waals surface area contributed by atoms with E-state index >= 15 is 0 Å². The number of amides is 1. The van der Waals surface area contributed by atoms with Crippen molar-refractivity contribution in [1.29, 1.82) is 0 Å². The molecular formula is C23H24ClN5O3. The minimum Gasteiger partial charge on any atom is -0.390 e. The predicted molar refractivity (Wildman–Crippen MR) is 122 cm³/mol. The smallest absolute Gasteiger partial charge is 0.254 e. The Labute approximate surface area is 191 Å². The van der Waals surface area contributed by atoms with E-state index in [-0.39, 0.29) is 0 Å². The highest BCUT2D eigenvalue weighted by atomic mass is 35.5. The number of carbonyl (C=O) groups excluding carboxylic acids is 1. The van der Waals surface area contributed by atoms with E-state index in [1.165, 1.54) is 6.92 Å². The maximum absolute atomic E-state index is 12.3. The first kappa shape index (κ1) is 22.1. The van der Waals surface area contributed by atoms with Gasteiger partial charge in [0.1, 0.15) is 5.82 Å². The molecule has 166 valence electrons. The van der Waals surface area contributed by atoms with E-state index in [4.69, 9.17) is 21.6 Å². The average molecular weight is 454 g/mol. The summed E-state index contributed by atoms with van der Waals surface area (Å²) in [7, 11) is 0. The first-order valence-electron chi connectivity index (χ1n) is 10.4. The van der Waals surface area contributed by atoms with Gasteiger partial charge in [-0.2, -0.15) is 0 Å². The number of benzene rings is 1. The second-order valence-electron chi connectivity index (χ2n) is 7.68. The van der Waals surface area contributed by atoms with Gasteiger partial charge in [-0.05, 0) is 31.2 Å². The van der Waals surface area contributed by atoms with Crippen molar-refractivity contribution < 1.29 is 15.0 Å². The summed E-state index contributed by atoms with van der Waals surface area (Å²) in [4.78, 5) is 29.7. The number of aliphatic hydroxyl groups excluding tert-OH is 2. The van der Waals surface area contributed by atoms with Crippen molar-refractivity contribution >= 4 is 23.3 Å². The topological polar surface area (TPSA) is 103 Å². The van der Waals surface area contributed by atoms with Gasteiger partial charge in [0.15, 0.2) is 11.9 Å². The second-order valence-corrected chi connectivity index (χ2v) is 8.12.